The topological polar surface area (TPSA) is 84.5 Å². The van der Waals surface area contributed by atoms with Gasteiger partial charge in [0.1, 0.15) is 0 Å². The van der Waals surface area contributed by atoms with Crippen LogP contribution in [0.15, 0.2) is 46.3 Å². The van der Waals surface area contributed by atoms with Gasteiger partial charge < -0.3 is 11.1 Å². The fourth-order valence-electron chi connectivity index (χ4n) is 2.31. The minimum atomic E-state index is -4.66. The van der Waals surface area contributed by atoms with Crippen LogP contribution in [-0.2, 0) is 22.6 Å². The standard InChI is InChI=1S/C18H20F3N3O2S.HI/c1-11-4-5-15(6-12(11)2)24-17(22)23-10-13-7-14(18(19,20)21)9-16(8-13)27(3,25)26;/h4-9H,10H2,1-3H3,(H3,22,23,24);1H. The highest BCUT2D eigenvalue weighted by Crippen LogP contribution is 2.32. The molecule has 2 aromatic rings. The van der Waals surface area contributed by atoms with E-state index in [0.29, 0.717) is 11.8 Å². The fraction of sp³-hybridized carbons (Fsp3) is 0.278. The Morgan fingerprint density at radius 1 is 1.11 bits per heavy atom. The van der Waals surface area contributed by atoms with Crippen LogP contribution in [0.1, 0.15) is 22.3 Å². The molecule has 5 nitrogen and oxygen atoms in total. The Labute approximate surface area is 179 Å². The van der Waals surface area contributed by atoms with Gasteiger partial charge in [-0.2, -0.15) is 13.2 Å². The number of alkyl halides is 3. The van der Waals surface area contributed by atoms with E-state index in [2.05, 4.69) is 10.3 Å². The lowest BCUT2D eigenvalue weighted by Gasteiger charge is -2.11. The number of halogens is 4. The molecule has 0 saturated heterocycles. The first-order valence-corrected chi connectivity index (χ1v) is 9.81. The Bertz CT molecular complexity index is 990. The molecule has 28 heavy (non-hydrogen) atoms. The van der Waals surface area contributed by atoms with Crippen LogP contribution in [0.2, 0.25) is 0 Å². The number of aryl methyl sites for hydroxylation is 2. The van der Waals surface area contributed by atoms with Gasteiger partial charge in [0.2, 0.25) is 0 Å². The molecular weight excluding hydrogens is 506 g/mol. The summed E-state index contributed by atoms with van der Waals surface area (Å²) in [7, 11) is -3.80. The number of guanidine groups is 1. The highest BCUT2D eigenvalue weighted by molar-refractivity contribution is 14.0. The van der Waals surface area contributed by atoms with Crippen molar-refractivity contribution in [2.75, 3.05) is 11.6 Å². The van der Waals surface area contributed by atoms with Crippen LogP contribution in [0, 0.1) is 13.8 Å². The van der Waals surface area contributed by atoms with E-state index in [0.717, 1.165) is 29.5 Å². The third kappa shape index (κ3) is 6.66. The summed E-state index contributed by atoms with van der Waals surface area (Å²) in [5.41, 5.74) is 7.68. The summed E-state index contributed by atoms with van der Waals surface area (Å²) in [5.74, 6) is 0.0107. The van der Waals surface area contributed by atoms with Crippen molar-refractivity contribution in [2.45, 2.75) is 31.5 Å². The normalized spacial score (nSPS) is 12.4. The first-order valence-electron chi connectivity index (χ1n) is 7.91. The van der Waals surface area contributed by atoms with Gasteiger partial charge in [-0.1, -0.05) is 6.07 Å². The van der Waals surface area contributed by atoms with Crippen LogP contribution in [0.5, 0.6) is 0 Å². The van der Waals surface area contributed by atoms with Gasteiger partial charge in [0, 0.05) is 11.9 Å². The average Bonchev–Trinajstić information content (AvgIpc) is 2.54. The average molecular weight is 527 g/mol. The highest BCUT2D eigenvalue weighted by atomic mass is 127. The van der Waals surface area contributed by atoms with E-state index in [1.807, 2.05) is 26.0 Å². The molecule has 0 saturated carbocycles. The monoisotopic (exact) mass is 527 g/mol. The maximum atomic E-state index is 13.0. The number of aliphatic imine (C=N–C) groups is 1. The molecule has 0 aliphatic rings. The number of rotatable bonds is 4. The van der Waals surface area contributed by atoms with Gasteiger partial charge in [-0.25, -0.2) is 13.4 Å². The lowest BCUT2D eigenvalue weighted by Crippen LogP contribution is -2.22. The van der Waals surface area contributed by atoms with Crippen LogP contribution < -0.4 is 11.1 Å². The lowest BCUT2D eigenvalue weighted by atomic mass is 10.1. The van der Waals surface area contributed by atoms with Crippen LogP contribution >= 0.6 is 24.0 Å². The number of sulfone groups is 1. The molecule has 0 unspecified atom stereocenters. The number of hydrogen-bond acceptors (Lipinski definition) is 3. The van der Waals surface area contributed by atoms with Crippen molar-refractivity contribution in [3.8, 4) is 0 Å². The molecule has 154 valence electrons. The second-order valence-electron chi connectivity index (χ2n) is 6.26. The van der Waals surface area contributed by atoms with Crippen molar-refractivity contribution >= 4 is 45.5 Å². The van der Waals surface area contributed by atoms with E-state index >= 15 is 0 Å². The minimum Gasteiger partial charge on any atom is -0.370 e. The largest absolute Gasteiger partial charge is 0.416 e. The van der Waals surface area contributed by atoms with Gasteiger partial charge in [-0.15, -0.1) is 24.0 Å². The molecule has 0 spiro atoms. The molecule has 0 aromatic heterocycles. The van der Waals surface area contributed by atoms with E-state index in [1.165, 1.54) is 0 Å². The van der Waals surface area contributed by atoms with E-state index < -0.39 is 26.5 Å². The molecule has 0 heterocycles. The number of hydrogen-bond donors (Lipinski definition) is 2. The predicted octanol–water partition coefficient (Wildman–Crippen LogP) is 4.27. The van der Waals surface area contributed by atoms with Crippen molar-refractivity contribution in [3.63, 3.8) is 0 Å². The van der Waals surface area contributed by atoms with Crippen LogP contribution in [0.4, 0.5) is 18.9 Å². The number of nitrogens with zero attached hydrogens (tertiary/aromatic N) is 1. The summed E-state index contributed by atoms with van der Waals surface area (Å²) < 4.78 is 62.4. The zero-order valence-electron chi connectivity index (χ0n) is 15.5. The number of benzene rings is 2. The molecular formula is C18H21F3IN3O2S. The van der Waals surface area contributed by atoms with Gasteiger partial charge in [-0.05, 0) is 60.9 Å². The van der Waals surface area contributed by atoms with Gasteiger partial charge in [-0.3, -0.25) is 0 Å². The Hall–Kier alpha value is -1.82. The summed E-state index contributed by atoms with van der Waals surface area (Å²) in [6.45, 7) is 3.70. The Balaban J connectivity index is 0.00000392. The maximum Gasteiger partial charge on any atom is 0.416 e. The molecule has 3 N–H and O–H groups in total. The Morgan fingerprint density at radius 3 is 2.29 bits per heavy atom. The van der Waals surface area contributed by atoms with Crippen LogP contribution in [0.3, 0.4) is 0 Å². The molecule has 2 aromatic carbocycles. The second kappa shape index (κ2) is 9.12. The predicted molar refractivity (Wildman–Crippen MR) is 115 cm³/mol. The minimum absolute atomic E-state index is 0. The summed E-state index contributed by atoms with van der Waals surface area (Å²) >= 11 is 0. The first-order chi connectivity index (χ1) is 12.4. The van der Waals surface area contributed by atoms with E-state index in [9.17, 15) is 21.6 Å². The van der Waals surface area contributed by atoms with Gasteiger partial charge in [0.25, 0.3) is 0 Å². The van der Waals surface area contributed by atoms with E-state index in [-0.39, 0.29) is 42.0 Å². The number of anilines is 1. The third-order valence-electron chi connectivity index (χ3n) is 3.93. The molecule has 0 bridgehead atoms. The molecule has 2 rings (SSSR count). The summed E-state index contributed by atoms with van der Waals surface area (Å²) in [4.78, 5) is 3.60. The molecule has 0 atom stereocenters. The van der Waals surface area contributed by atoms with Crippen molar-refractivity contribution < 1.29 is 21.6 Å². The smallest absolute Gasteiger partial charge is 0.370 e. The Kier molecular flexibility index (Phi) is 7.89. The maximum absolute atomic E-state index is 13.0. The molecule has 0 aliphatic heterocycles. The zero-order chi connectivity index (χ0) is 20.4. The first kappa shape index (κ1) is 24.2. The fourth-order valence-corrected chi connectivity index (χ4v) is 3.02. The van der Waals surface area contributed by atoms with E-state index in [1.54, 1.807) is 6.07 Å². The molecule has 10 heteroatoms. The van der Waals surface area contributed by atoms with E-state index in [4.69, 9.17) is 5.73 Å². The SMILES string of the molecule is Cc1ccc(NC(N)=NCc2cc(C(F)(F)F)cc(S(C)(=O)=O)c2)cc1C.I. The van der Waals surface area contributed by atoms with Crippen LogP contribution in [0.25, 0.3) is 0 Å². The molecule has 0 amide bonds. The van der Waals surface area contributed by atoms with Gasteiger partial charge in [0.15, 0.2) is 15.8 Å². The highest BCUT2D eigenvalue weighted by Gasteiger charge is 2.32. The second-order valence-corrected chi connectivity index (χ2v) is 8.28. The van der Waals surface area contributed by atoms with Crippen LogP contribution in [-0.4, -0.2) is 20.6 Å². The number of nitrogens with two attached hydrogens (primary N) is 1. The summed E-state index contributed by atoms with van der Waals surface area (Å²) in [6.07, 6.45) is -3.81. The van der Waals surface area contributed by atoms with Crippen molar-refractivity contribution in [1.82, 2.24) is 0 Å². The molecule has 0 aliphatic carbocycles. The van der Waals surface area contributed by atoms with Gasteiger partial charge in [0.05, 0.1) is 17.0 Å². The van der Waals surface area contributed by atoms with Crippen molar-refractivity contribution in [3.05, 3.63) is 58.7 Å². The van der Waals surface area contributed by atoms with Gasteiger partial charge >= 0.3 is 6.18 Å². The Morgan fingerprint density at radius 2 is 1.75 bits per heavy atom. The third-order valence-corrected chi connectivity index (χ3v) is 5.03. The summed E-state index contributed by atoms with van der Waals surface area (Å²) in [5, 5.41) is 2.86. The number of nitrogens with one attached hydrogen (secondary N) is 1. The zero-order valence-corrected chi connectivity index (χ0v) is 18.6. The molecule has 0 radical (unpaired) electrons. The quantitative estimate of drug-likeness (QED) is 0.354. The molecule has 0 fully saturated rings. The summed E-state index contributed by atoms with van der Waals surface area (Å²) in [6, 6.07) is 8.20. The van der Waals surface area contributed by atoms with Crippen molar-refractivity contribution in [1.29, 1.82) is 0 Å². The lowest BCUT2D eigenvalue weighted by molar-refractivity contribution is -0.137. The van der Waals surface area contributed by atoms with Crippen molar-refractivity contribution in [2.24, 2.45) is 10.7 Å².